The van der Waals surface area contributed by atoms with E-state index in [1.165, 1.54) is 95.0 Å². The van der Waals surface area contributed by atoms with Gasteiger partial charge in [-0.05, 0) is 45.9 Å². The van der Waals surface area contributed by atoms with Gasteiger partial charge in [-0.1, -0.05) is 103 Å². The molecule has 0 nitrogen and oxygen atoms in total. The van der Waals surface area contributed by atoms with E-state index in [1.54, 1.807) is 27.4 Å². The third kappa shape index (κ3) is 9.67. The van der Waals surface area contributed by atoms with Gasteiger partial charge in [0.1, 0.15) is 0 Å². The molecule has 2 aromatic carbocycles. The molecule has 0 heterocycles. The van der Waals surface area contributed by atoms with Crippen LogP contribution in [-0.4, -0.2) is 3.21 Å². The molecule has 1 atom stereocenters. The van der Waals surface area contributed by atoms with Gasteiger partial charge in [-0.3, -0.25) is 12.2 Å². The molecule has 248 valence electrons. The predicted molar refractivity (Wildman–Crippen MR) is 191 cm³/mol. The summed E-state index contributed by atoms with van der Waals surface area (Å²) >= 11 is 1.67. The summed E-state index contributed by atoms with van der Waals surface area (Å²) in [6.45, 7) is 22.6. The summed E-state index contributed by atoms with van der Waals surface area (Å²) in [6, 6.07) is 9.66. The van der Waals surface area contributed by atoms with E-state index < -0.39 is 0 Å². The maximum absolute atomic E-state index is 3.50. The molecule has 0 radical (unpaired) electrons. The molecule has 1 unspecified atom stereocenters. The van der Waals surface area contributed by atoms with Crippen LogP contribution < -0.4 is 24.8 Å². The van der Waals surface area contributed by atoms with Crippen LogP contribution in [0.15, 0.2) is 48.1 Å². The summed E-state index contributed by atoms with van der Waals surface area (Å²) in [5.41, 5.74) is 13.4. The van der Waals surface area contributed by atoms with Crippen molar-refractivity contribution in [1.82, 2.24) is 0 Å². The van der Waals surface area contributed by atoms with Gasteiger partial charge >= 0.3 is 79.8 Å². The van der Waals surface area contributed by atoms with Crippen LogP contribution in [-0.2, 0) is 41.5 Å². The first-order valence-corrected chi connectivity index (χ1v) is 18.5. The zero-order valence-electron chi connectivity index (χ0n) is 30.2. The van der Waals surface area contributed by atoms with Gasteiger partial charge in [-0.25, -0.2) is 12.2 Å². The third-order valence-corrected chi connectivity index (χ3v) is 10.9. The Kier molecular flexibility index (Phi) is 15.0. The van der Waals surface area contributed by atoms with Crippen LogP contribution in [0.2, 0.25) is 0 Å². The molecule has 0 aromatic heterocycles. The van der Waals surface area contributed by atoms with E-state index in [2.05, 4.69) is 136 Å². The Hall–Kier alpha value is -1.27. The molecule has 0 N–H and O–H groups in total. The van der Waals surface area contributed by atoms with E-state index in [9.17, 15) is 0 Å². The van der Waals surface area contributed by atoms with Gasteiger partial charge in [0, 0.05) is 5.41 Å². The standard InChI is InChI=1S/C23H21.C11H17.C9H18.2ClH.Zr/c1-22(2)7-5-14-10-18-16(12-20(14)22)9-17-13-21-15(11-19(17)18)6-8-23(21,3)4;1-5-9-6-7-10(8-9)11(2,3)4;1-3-5-7-9-8-6-4-2;;;/h5-7,10-13H,9H2,1-4H3;7-9H,5H2,1-4H3;3-8H2,1-2H3;2*1H;/q2*-1;;;;+2/p-2. The Balaban J connectivity index is 0.000000272. The third-order valence-electron chi connectivity index (χ3n) is 9.66. The minimum atomic E-state index is 0. The first kappa shape index (κ1) is 40.9. The van der Waals surface area contributed by atoms with Crippen molar-refractivity contribution in [3.05, 3.63) is 93.6 Å². The Bertz CT molecular complexity index is 1400. The van der Waals surface area contributed by atoms with Crippen LogP contribution in [0.3, 0.4) is 0 Å². The summed E-state index contributed by atoms with van der Waals surface area (Å²) < 4.78 is 1.79. The molecule has 0 spiro atoms. The van der Waals surface area contributed by atoms with Gasteiger partial charge in [0.2, 0.25) is 0 Å². The quantitative estimate of drug-likeness (QED) is 0.257. The maximum Gasteiger partial charge on any atom is -1.00 e. The number of unbranched alkanes of at least 4 members (excludes halogenated alkanes) is 2. The first-order chi connectivity index (χ1) is 20.7. The Morgan fingerprint density at radius 2 is 1.39 bits per heavy atom. The monoisotopic (exact) mass is 732 g/mol. The van der Waals surface area contributed by atoms with Crippen LogP contribution in [0.5, 0.6) is 0 Å². The molecule has 0 saturated heterocycles. The second-order valence-electron chi connectivity index (χ2n) is 15.3. The van der Waals surface area contributed by atoms with Crippen molar-refractivity contribution < 1.29 is 49.0 Å². The van der Waals surface area contributed by atoms with Gasteiger partial charge in [0.15, 0.2) is 0 Å². The van der Waals surface area contributed by atoms with Crippen LogP contribution in [0.1, 0.15) is 148 Å². The summed E-state index contributed by atoms with van der Waals surface area (Å²) in [7, 11) is 0. The second kappa shape index (κ2) is 16.9. The molecule has 0 aliphatic heterocycles. The van der Waals surface area contributed by atoms with Gasteiger partial charge in [-0.15, -0.1) is 11.6 Å². The van der Waals surface area contributed by atoms with Crippen molar-refractivity contribution in [1.29, 1.82) is 0 Å². The van der Waals surface area contributed by atoms with Crippen LogP contribution in [0, 0.1) is 23.5 Å². The molecule has 0 amide bonds. The smallest absolute Gasteiger partial charge is 1.00 e. The normalized spacial score (nSPS) is 18.1. The fraction of sp³-hybridized carbons (Fsp3) is 0.512. The topological polar surface area (TPSA) is 0 Å². The molecule has 0 bridgehead atoms. The zero-order chi connectivity index (χ0) is 32.3. The number of fused-ring (bicyclic) bond motifs is 5. The Labute approximate surface area is 309 Å². The number of benzene rings is 2. The SMILES string of the molecule is CC1(C)[C-]=Cc2cc3c(cc21)Cc1cc2c(cc1-3)C=CC2(C)C.CCC1[C-]=CC(C(C)(C)C)=C1.CCCC[C](=[Zr+2])CCCC.[Cl-].[Cl-]. The first-order valence-electron chi connectivity index (χ1n) is 17.2. The summed E-state index contributed by atoms with van der Waals surface area (Å²) in [4.78, 5) is 0. The van der Waals surface area contributed by atoms with Crippen molar-refractivity contribution in [2.45, 2.75) is 131 Å². The predicted octanol–water partition coefficient (Wildman–Crippen LogP) is 6.12. The number of allylic oxidation sites excluding steroid dienone is 6. The number of hydrogen-bond acceptors (Lipinski definition) is 0. The molecule has 4 aliphatic carbocycles. The van der Waals surface area contributed by atoms with Gasteiger partial charge in [0.05, 0.1) is 0 Å². The number of hydrogen-bond donors (Lipinski definition) is 0. The summed E-state index contributed by atoms with van der Waals surface area (Å²) in [6.07, 6.45) is 28.7. The van der Waals surface area contributed by atoms with Crippen molar-refractivity contribution in [2.24, 2.45) is 11.3 Å². The van der Waals surface area contributed by atoms with Gasteiger partial charge in [0.25, 0.3) is 0 Å². The van der Waals surface area contributed by atoms with Crippen LogP contribution in [0.25, 0.3) is 23.3 Å². The molecule has 0 fully saturated rings. The molecule has 2 aromatic rings. The fourth-order valence-electron chi connectivity index (χ4n) is 6.52. The van der Waals surface area contributed by atoms with Crippen LogP contribution >= 0.6 is 0 Å². The average Bonchev–Trinajstić information content (AvgIpc) is 3.73. The van der Waals surface area contributed by atoms with E-state index in [4.69, 9.17) is 0 Å². The van der Waals surface area contributed by atoms with E-state index in [0.29, 0.717) is 11.3 Å². The number of halogens is 2. The second-order valence-corrected chi connectivity index (χ2v) is 17.1. The summed E-state index contributed by atoms with van der Waals surface area (Å²) in [5.74, 6) is 0.573. The van der Waals surface area contributed by atoms with Crippen LogP contribution in [0.4, 0.5) is 0 Å². The minimum Gasteiger partial charge on any atom is -1.00 e. The fourth-order valence-corrected chi connectivity index (χ4v) is 7.39. The molecule has 4 aliphatic rings. The van der Waals surface area contributed by atoms with E-state index >= 15 is 0 Å². The molecule has 0 saturated carbocycles. The maximum atomic E-state index is 3.50. The Morgan fingerprint density at radius 1 is 0.826 bits per heavy atom. The van der Waals surface area contributed by atoms with E-state index in [0.717, 1.165) is 6.42 Å². The van der Waals surface area contributed by atoms with Gasteiger partial charge < -0.3 is 24.8 Å². The average molecular weight is 735 g/mol. The molecular formula is C43H56Cl2Zr-2. The van der Waals surface area contributed by atoms with Gasteiger partial charge in [-0.2, -0.15) is 17.2 Å². The number of rotatable bonds is 7. The van der Waals surface area contributed by atoms with Crippen molar-refractivity contribution in [3.63, 3.8) is 0 Å². The van der Waals surface area contributed by atoms with Crippen molar-refractivity contribution in [2.75, 3.05) is 0 Å². The molecular weight excluding hydrogens is 679 g/mol. The minimum absolute atomic E-state index is 0. The van der Waals surface area contributed by atoms with E-state index in [-0.39, 0.29) is 35.6 Å². The van der Waals surface area contributed by atoms with Crippen molar-refractivity contribution in [3.8, 4) is 11.1 Å². The largest absolute Gasteiger partial charge is 1.00 e. The zero-order valence-corrected chi connectivity index (χ0v) is 34.2. The molecule has 6 rings (SSSR count). The molecule has 3 heteroatoms. The molecule has 46 heavy (non-hydrogen) atoms. The van der Waals surface area contributed by atoms with Crippen molar-refractivity contribution >= 4 is 15.4 Å². The van der Waals surface area contributed by atoms with E-state index in [1.807, 2.05) is 0 Å². The summed E-state index contributed by atoms with van der Waals surface area (Å²) in [5, 5.41) is 0. The Morgan fingerprint density at radius 3 is 1.89 bits per heavy atom.